The first-order valence-electron chi connectivity index (χ1n) is 6.69. The van der Waals surface area contributed by atoms with Crippen LogP contribution in [0.15, 0.2) is 18.2 Å². The van der Waals surface area contributed by atoms with Crippen molar-refractivity contribution in [3.8, 4) is 5.75 Å². The first kappa shape index (κ1) is 15.4. The quantitative estimate of drug-likeness (QED) is 0.929. The number of piperidine rings is 1. The molecule has 0 spiro atoms. The number of likely N-dealkylation sites (tertiary alicyclic amines) is 1. The number of halogens is 2. The van der Waals surface area contributed by atoms with E-state index in [1.54, 1.807) is 18.2 Å². The Kier molecular flexibility index (Phi) is 5.52. The van der Waals surface area contributed by atoms with Gasteiger partial charge in [0.1, 0.15) is 5.75 Å². The van der Waals surface area contributed by atoms with Gasteiger partial charge >= 0.3 is 0 Å². The Bertz CT molecular complexity index is 482. The molecule has 0 aromatic heterocycles. The first-order valence-corrected chi connectivity index (χ1v) is 7.45. The number of nitrogens with two attached hydrogens (primary N) is 1. The molecule has 2 N–H and O–H groups in total. The Balaban J connectivity index is 1.94. The van der Waals surface area contributed by atoms with Crippen LogP contribution in [0, 0.1) is 0 Å². The maximum Gasteiger partial charge on any atom is 0.260 e. The minimum absolute atomic E-state index is 0.0299. The molecule has 0 radical (unpaired) electrons. The minimum Gasteiger partial charge on any atom is -0.482 e. The van der Waals surface area contributed by atoms with Gasteiger partial charge in [-0.2, -0.15) is 0 Å². The van der Waals surface area contributed by atoms with Crippen molar-refractivity contribution in [1.29, 1.82) is 0 Å². The zero-order valence-electron chi connectivity index (χ0n) is 11.1. The van der Waals surface area contributed by atoms with E-state index in [1.807, 2.05) is 4.90 Å². The number of hydrogen-bond donors (Lipinski definition) is 1. The largest absolute Gasteiger partial charge is 0.482 e. The SMILES string of the molecule is NCC1CCCCN1C(=O)COc1ccc(Cl)cc1Cl. The predicted molar refractivity (Wildman–Crippen MR) is 80.4 cm³/mol. The van der Waals surface area contributed by atoms with E-state index in [-0.39, 0.29) is 18.6 Å². The molecule has 0 saturated carbocycles. The highest BCUT2D eigenvalue weighted by Gasteiger charge is 2.25. The Labute approximate surface area is 128 Å². The topological polar surface area (TPSA) is 55.6 Å². The number of rotatable bonds is 4. The minimum atomic E-state index is -0.0498. The number of carbonyl (C=O) groups is 1. The summed E-state index contributed by atoms with van der Waals surface area (Å²) in [5.74, 6) is 0.414. The van der Waals surface area contributed by atoms with Crippen molar-refractivity contribution in [2.75, 3.05) is 19.7 Å². The smallest absolute Gasteiger partial charge is 0.260 e. The summed E-state index contributed by atoms with van der Waals surface area (Å²) in [7, 11) is 0. The van der Waals surface area contributed by atoms with Gasteiger partial charge in [-0.3, -0.25) is 4.79 Å². The molecule has 1 aliphatic heterocycles. The van der Waals surface area contributed by atoms with Gasteiger partial charge in [-0.1, -0.05) is 23.2 Å². The molecular weight excluding hydrogens is 299 g/mol. The first-order chi connectivity index (χ1) is 9.61. The number of carbonyl (C=O) groups excluding carboxylic acids is 1. The Morgan fingerprint density at radius 2 is 2.20 bits per heavy atom. The number of nitrogens with zero attached hydrogens (tertiary/aromatic N) is 1. The van der Waals surface area contributed by atoms with Gasteiger partial charge in [0, 0.05) is 24.2 Å². The van der Waals surface area contributed by atoms with Crippen LogP contribution in [0.25, 0.3) is 0 Å². The molecule has 1 aromatic carbocycles. The molecule has 1 saturated heterocycles. The van der Waals surface area contributed by atoms with E-state index in [0.29, 0.717) is 22.3 Å². The molecule has 1 unspecified atom stereocenters. The molecule has 2 rings (SSSR count). The molecule has 110 valence electrons. The molecule has 1 aromatic rings. The van der Waals surface area contributed by atoms with Crippen LogP contribution in [0.5, 0.6) is 5.75 Å². The number of amides is 1. The van der Waals surface area contributed by atoms with E-state index in [0.717, 1.165) is 25.8 Å². The fourth-order valence-corrected chi connectivity index (χ4v) is 2.85. The highest BCUT2D eigenvalue weighted by atomic mass is 35.5. The maximum absolute atomic E-state index is 12.2. The molecule has 1 amide bonds. The third-order valence-corrected chi connectivity index (χ3v) is 4.00. The highest BCUT2D eigenvalue weighted by Crippen LogP contribution is 2.27. The highest BCUT2D eigenvalue weighted by molar-refractivity contribution is 6.35. The van der Waals surface area contributed by atoms with E-state index >= 15 is 0 Å². The normalized spacial score (nSPS) is 18.9. The molecular formula is C14H18Cl2N2O2. The lowest BCUT2D eigenvalue weighted by molar-refractivity contribution is -0.136. The average Bonchev–Trinajstić information content (AvgIpc) is 2.46. The summed E-state index contributed by atoms with van der Waals surface area (Å²) in [4.78, 5) is 14.0. The predicted octanol–water partition coefficient (Wildman–Crippen LogP) is 2.71. The lowest BCUT2D eigenvalue weighted by atomic mass is 10.0. The van der Waals surface area contributed by atoms with E-state index in [1.165, 1.54) is 0 Å². The molecule has 0 aliphatic carbocycles. The van der Waals surface area contributed by atoms with Gasteiger partial charge < -0.3 is 15.4 Å². The summed E-state index contributed by atoms with van der Waals surface area (Å²) in [5, 5.41) is 0.937. The summed E-state index contributed by atoms with van der Waals surface area (Å²) in [6, 6.07) is 5.05. The average molecular weight is 317 g/mol. The molecule has 4 nitrogen and oxygen atoms in total. The zero-order chi connectivity index (χ0) is 14.5. The van der Waals surface area contributed by atoms with Gasteiger partial charge in [0.25, 0.3) is 5.91 Å². The van der Waals surface area contributed by atoms with Crippen LogP contribution in [-0.2, 0) is 4.79 Å². The molecule has 1 heterocycles. The second-order valence-electron chi connectivity index (χ2n) is 4.84. The molecule has 0 bridgehead atoms. The Hall–Kier alpha value is -0.970. The van der Waals surface area contributed by atoms with Gasteiger partial charge in [-0.05, 0) is 37.5 Å². The van der Waals surface area contributed by atoms with Crippen LogP contribution < -0.4 is 10.5 Å². The van der Waals surface area contributed by atoms with Crippen molar-refractivity contribution in [1.82, 2.24) is 4.90 Å². The monoisotopic (exact) mass is 316 g/mol. The van der Waals surface area contributed by atoms with Crippen molar-refractivity contribution in [3.05, 3.63) is 28.2 Å². The van der Waals surface area contributed by atoms with Crippen LogP contribution in [0.4, 0.5) is 0 Å². The van der Waals surface area contributed by atoms with E-state index in [4.69, 9.17) is 33.7 Å². The summed E-state index contributed by atoms with van der Waals surface area (Å²) in [6.45, 7) is 1.21. The van der Waals surface area contributed by atoms with Crippen molar-refractivity contribution < 1.29 is 9.53 Å². The van der Waals surface area contributed by atoms with Gasteiger partial charge in [0.2, 0.25) is 0 Å². The van der Waals surface area contributed by atoms with Crippen LogP contribution >= 0.6 is 23.2 Å². The lowest BCUT2D eigenvalue weighted by Gasteiger charge is -2.34. The van der Waals surface area contributed by atoms with Crippen molar-refractivity contribution in [2.45, 2.75) is 25.3 Å². The summed E-state index contributed by atoms with van der Waals surface area (Å²) in [6.07, 6.45) is 3.10. The summed E-state index contributed by atoms with van der Waals surface area (Å²) in [5.41, 5.74) is 5.71. The lowest BCUT2D eigenvalue weighted by Crippen LogP contribution is -2.49. The molecule has 20 heavy (non-hydrogen) atoms. The second kappa shape index (κ2) is 7.16. The van der Waals surface area contributed by atoms with E-state index in [2.05, 4.69) is 0 Å². The molecule has 1 atom stereocenters. The van der Waals surface area contributed by atoms with Crippen molar-refractivity contribution in [3.63, 3.8) is 0 Å². The fraction of sp³-hybridized carbons (Fsp3) is 0.500. The number of hydrogen-bond acceptors (Lipinski definition) is 3. The van der Waals surface area contributed by atoms with Crippen molar-refractivity contribution in [2.24, 2.45) is 5.73 Å². The standard InChI is InChI=1S/C14H18Cl2N2O2/c15-10-4-5-13(12(16)7-10)20-9-14(19)18-6-2-1-3-11(18)8-17/h4-5,7,11H,1-3,6,8-9,17H2. The second-order valence-corrected chi connectivity index (χ2v) is 5.68. The molecule has 1 fully saturated rings. The van der Waals surface area contributed by atoms with Gasteiger partial charge in [-0.15, -0.1) is 0 Å². The Morgan fingerprint density at radius 3 is 2.90 bits per heavy atom. The third kappa shape index (κ3) is 3.78. The number of ether oxygens (including phenoxy) is 1. The number of benzene rings is 1. The van der Waals surface area contributed by atoms with Gasteiger partial charge in [0.15, 0.2) is 6.61 Å². The van der Waals surface area contributed by atoms with Crippen LogP contribution in [0.3, 0.4) is 0 Å². The van der Waals surface area contributed by atoms with Gasteiger partial charge in [0.05, 0.1) is 5.02 Å². The molecule has 6 heteroatoms. The summed E-state index contributed by atoms with van der Waals surface area (Å²) >= 11 is 11.8. The van der Waals surface area contributed by atoms with Gasteiger partial charge in [-0.25, -0.2) is 0 Å². The van der Waals surface area contributed by atoms with Crippen molar-refractivity contribution >= 4 is 29.1 Å². The Morgan fingerprint density at radius 1 is 1.40 bits per heavy atom. The zero-order valence-corrected chi connectivity index (χ0v) is 12.7. The van der Waals surface area contributed by atoms with E-state index in [9.17, 15) is 4.79 Å². The summed E-state index contributed by atoms with van der Waals surface area (Å²) < 4.78 is 5.48. The third-order valence-electron chi connectivity index (χ3n) is 3.46. The van der Waals surface area contributed by atoms with Crippen LogP contribution in [-0.4, -0.2) is 36.5 Å². The fourth-order valence-electron chi connectivity index (χ4n) is 2.39. The maximum atomic E-state index is 12.2. The van der Waals surface area contributed by atoms with Crippen LogP contribution in [0.2, 0.25) is 10.0 Å². The molecule has 1 aliphatic rings. The van der Waals surface area contributed by atoms with Crippen LogP contribution in [0.1, 0.15) is 19.3 Å². The van der Waals surface area contributed by atoms with E-state index < -0.39 is 0 Å².